The van der Waals surface area contributed by atoms with E-state index in [4.69, 9.17) is 0 Å². The highest BCUT2D eigenvalue weighted by molar-refractivity contribution is 7.10. The van der Waals surface area contributed by atoms with Gasteiger partial charge in [0.15, 0.2) is 0 Å². The van der Waals surface area contributed by atoms with Crippen LogP contribution in [-0.2, 0) is 12.0 Å². The number of nitrogens with one attached hydrogen (secondary N) is 2. The Kier molecular flexibility index (Phi) is 6.12. The van der Waals surface area contributed by atoms with Crippen molar-refractivity contribution in [3.05, 3.63) is 58.0 Å². The van der Waals surface area contributed by atoms with Gasteiger partial charge in [-0.3, -0.25) is 0 Å². The molecule has 3 N–H and O–H groups in total. The van der Waals surface area contributed by atoms with Crippen molar-refractivity contribution in [1.29, 1.82) is 0 Å². The van der Waals surface area contributed by atoms with Crippen LogP contribution in [0.1, 0.15) is 23.8 Å². The summed E-state index contributed by atoms with van der Waals surface area (Å²) in [5.41, 5.74) is -0.166. The van der Waals surface area contributed by atoms with Crippen LogP contribution in [0.2, 0.25) is 0 Å². The molecule has 1 heterocycles. The van der Waals surface area contributed by atoms with Crippen molar-refractivity contribution in [2.75, 3.05) is 13.1 Å². The largest absolute Gasteiger partial charge is 0.383 e. The SMILES string of the molecule is CC(O)(CNC(=O)NCCCc1cccc(F)c1)c1cccs1. The molecule has 0 aliphatic rings. The number of urea groups is 1. The summed E-state index contributed by atoms with van der Waals surface area (Å²) in [4.78, 5) is 12.5. The fourth-order valence-corrected chi connectivity index (χ4v) is 2.96. The first-order chi connectivity index (χ1) is 11.0. The van der Waals surface area contributed by atoms with Gasteiger partial charge in [-0.1, -0.05) is 18.2 Å². The third-order valence-corrected chi connectivity index (χ3v) is 4.58. The summed E-state index contributed by atoms with van der Waals surface area (Å²) < 4.78 is 13.0. The van der Waals surface area contributed by atoms with E-state index in [2.05, 4.69) is 10.6 Å². The topological polar surface area (TPSA) is 61.4 Å². The molecule has 0 aliphatic heterocycles. The van der Waals surface area contributed by atoms with Crippen LogP contribution >= 0.6 is 11.3 Å². The molecule has 0 saturated heterocycles. The summed E-state index contributed by atoms with van der Waals surface area (Å²) in [6, 6.07) is 9.83. The lowest BCUT2D eigenvalue weighted by Crippen LogP contribution is -2.43. The maximum absolute atomic E-state index is 13.0. The Labute approximate surface area is 139 Å². The Morgan fingerprint density at radius 1 is 1.30 bits per heavy atom. The molecular formula is C17H21FN2O2S. The first kappa shape index (κ1) is 17.4. The fourth-order valence-electron chi connectivity index (χ4n) is 2.17. The number of carbonyl (C=O) groups is 1. The molecule has 2 aromatic rings. The summed E-state index contributed by atoms with van der Waals surface area (Å²) >= 11 is 1.45. The van der Waals surface area contributed by atoms with Gasteiger partial charge in [0.1, 0.15) is 11.4 Å². The first-order valence-electron chi connectivity index (χ1n) is 7.50. The van der Waals surface area contributed by atoms with Crippen molar-refractivity contribution >= 4 is 17.4 Å². The summed E-state index contributed by atoms with van der Waals surface area (Å²) in [7, 11) is 0. The van der Waals surface area contributed by atoms with Gasteiger partial charge in [0, 0.05) is 11.4 Å². The van der Waals surface area contributed by atoms with E-state index in [-0.39, 0.29) is 18.4 Å². The molecule has 1 unspecified atom stereocenters. The zero-order chi connectivity index (χ0) is 16.7. The minimum absolute atomic E-state index is 0.142. The fraction of sp³-hybridized carbons (Fsp3) is 0.353. The van der Waals surface area contributed by atoms with Gasteiger partial charge in [0.25, 0.3) is 0 Å². The van der Waals surface area contributed by atoms with Crippen molar-refractivity contribution < 1.29 is 14.3 Å². The van der Waals surface area contributed by atoms with E-state index in [1.54, 1.807) is 13.0 Å². The maximum Gasteiger partial charge on any atom is 0.314 e. The molecule has 0 fully saturated rings. The Morgan fingerprint density at radius 2 is 2.13 bits per heavy atom. The minimum Gasteiger partial charge on any atom is -0.383 e. The lowest BCUT2D eigenvalue weighted by atomic mass is 10.1. The average Bonchev–Trinajstić information content (AvgIpc) is 3.05. The molecule has 124 valence electrons. The predicted octanol–water partition coefficient (Wildman–Crippen LogP) is 3.03. The number of amides is 2. The van der Waals surface area contributed by atoms with Crippen LogP contribution < -0.4 is 10.6 Å². The molecule has 4 nitrogen and oxygen atoms in total. The average molecular weight is 336 g/mol. The molecular weight excluding hydrogens is 315 g/mol. The van der Waals surface area contributed by atoms with Crippen LogP contribution in [0.4, 0.5) is 9.18 Å². The van der Waals surface area contributed by atoms with E-state index in [0.717, 1.165) is 16.9 Å². The molecule has 0 spiro atoms. The van der Waals surface area contributed by atoms with E-state index < -0.39 is 5.60 Å². The number of hydrogen-bond donors (Lipinski definition) is 3. The molecule has 1 aromatic carbocycles. The van der Waals surface area contributed by atoms with Gasteiger partial charge in [-0.15, -0.1) is 11.3 Å². The van der Waals surface area contributed by atoms with Crippen LogP contribution in [0.15, 0.2) is 41.8 Å². The number of benzene rings is 1. The number of aliphatic hydroxyl groups is 1. The standard InChI is InChI=1S/C17H21FN2O2S/c1-17(22,15-8-4-10-23-15)12-20-16(21)19-9-3-6-13-5-2-7-14(18)11-13/h2,4-5,7-8,10-11,22H,3,6,9,12H2,1H3,(H2,19,20,21). The lowest BCUT2D eigenvalue weighted by Gasteiger charge is -2.22. The van der Waals surface area contributed by atoms with E-state index in [1.165, 1.54) is 23.5 Å². The van der Waals surface area contributed by atoms with Gasteiger partial charge in [-0.05, 0) is 48.9 Å². The second kappa shape index (κ2) is 8.08. The molecule has 1 atom stereocenters. The van der Waals surface area contributed by atoms with Crippen molar-refractivity contribution in [3.63, 3.8) is 0 Å². The Balaban J connectivity index is 1.65. The molecule has 1 aromatic heterocycles. The number of thiophene rings is 1. The monoisotopic (exact) mass is 336 g/mol. The van der Waals surface area contributed by atoms with Crippen LogP contribution in [0, 0.1) is 5.82 Å². The van der Waals surface area contributed by atoms with E-state index in [0.29, 0.717) is 13.0 Å². The highest BCUT2D eigenvalue weighted by Crippen LogP contribution is 2.24. The molecule has 0 radical (unpaired) electrons. The number of carbonyl (C=O) groups excluding carboxylic acids is 1. The smallest absolute Gasteiger partial charge is 0.314 e. The van der Waals surface area contributed by atoms with E-state index >= 15 is 0 Å². The lowest BCUT2D eigenvalue weighted by molar-refractivity contribution is 0.0631. The summed E-state index contributed by atoms with van der Waals surface area (Å²) in [5.74, 6) is -0.246. The maximum atomic E-state index is 13.0. The molecule has 0 saturated carbocycles. The third-order valence-electron chi connectivity index (χ3n) is 3.46. The summed E-state index contributed by atoms with van der Waals surface area (Å²) in [6.45, 7) is 2.30. The number of halogens is 1. The Hall–Kier alpha value is -1.92. The Morgan fingerprint density at radius 3 is 2.83 bits per heavy atom. The zero-order valence-corrected chi connectivity index (χ0v) is 13.8. The number of aryl methyl sites for hydroxylation is 1. The number of hydrogen-bond acceptors (Lipinski definition) is 3. The normalized spacial score (nSPS) is 13.3. The first-order valence-corrected chi connectivity index (χ1v) is 8.38. The van der Waals surface area contributed by atoms with Crippen molar-refractivity contribution in [3.8, 4) is 0 Å². The quantitative estimate of drug-likeness (QED) is 0.681. The molecule has 6 heteroatoms. The van der Waals surface area contributed by atoms with Crippen LogP contribution in [0.3, 0.4) is 0 Å². The molecule has 0 bridgehead atoms. The van der Waals surface area contributed by atoms with Crippen LogP contribution in [0.25, 0.3) is 0 Å². The van der Waals surface area contributed by atoms with Crippen LogP contribution in [0.5, 0.6) is 0 Å². The Bertz CT molecular complexity index is 629. The van der Waals surface area contributed by atoms with E-state index in [9.17, 15) is 14.3 Å². The highest BCUT2D eigenvalue weighted by atomic mass is 32.1. The second-order valence-electron chi connectivity index (χ2n) is 5.59. The third kappa shape index (κ3) is 5.65. The summed E-state index contributed by atoms with van der Waals surface area (Å²) in [6.07, 6.45) is 1.42. The molecule has 0 aliphatic carbocycles. The van der Waals surface area contributed by atoms with Crippen molar-refractivity contribution in [1.82, 2.24) is 10.6 Å². The predicted molar refractivity (Wildman–Crippen MR) is 90.0 cm³/mol. The highest BCUT2D eigenvalue weighted by Gasteiger charge is 2.24. The minimum atomic E-state index is -1.08. The van der Waals surface area contributed by atoms with Gasteiger partial charge in [-0.25, -0.2) is 9.18 Å². The zero-order valence-electron chi connectivity index (χ0n) is 13.0. The molecule has 23 heavy (non-hydrogen) atoms. The molecule has 2 amide bonds. The van der Waals surface area contributed by atoms with Crippen molar-refractivity contribution in [2.24, 2.45) is 0 Å². The number of rotatable bonds is 7. The van der Waals surface area contributed by atoms with Gasteiger partial charge in [0.2, 0.25) is 0 Å². The second-order valence-corrected chi connectivity index (χ2v) is 6.54. The van der Waals surface area contributed by atoms with Gasteiger partial charge in [0.05, 0.1) is 6.54 Å². The van der Waals surface area contributed by atoms with Crippen LogP contribution in [-0.4, -0.2) is 24.2 Å². The van der Waals surface area contributed by atoms with Crippen molar-refractivity contribution in [2.45, 2.75) is 25.4 Å². The van der Waals surface area contributed by atoms with E-state index in [1.807, 2.05) is 23.6 Å². The molecule has 2 rings (SSSR count). The van der Waals surface area contributed by atoms with Gasteiger partial charge >= 0.3 is 6.03 Å². The summed E-state index contributed by atoms with van der Waals surface area (Å²) in [5, 5.41) is 17.6. The van der Waals surface area contributed by atoms with Gasteiger partial charge in [-0.2, -0.15) is 0 Å². The van der Waals surface area contributed by atoms with Gasteiger partial charge < -0.3 is 15.7 Å².